The van der Waals surface area contributed by atoms with Crippen LogP contribution in [0.25, 0.3) is 0 Å². The Morgan fingerprint density at radius 3 is 2.79 bits per heavy atom. The van der Waals surface area contributed by atoms with Gasteiger partial charge in [0, 0.05) is 12.2 Å². The topological polar surface area (TPSA) is 111 Å². The van der Waals surface area contributed by atoms with E-state index in [1.165, 1.54) is 6.21 Å². The van der Waals surface area contributed by atoms with Crippen molar-refractivity contribution in [2.75, 3.05) is 11.4 Å². The molecule has 4 N–H and O–H groups in total. The van der Waals surface area contributed by atoms with Gasteiger partial charge in [-0.05, 0) is 37.0 Å². The third-order valence-electron chi connectivity index (χ3n) is 3.80. The van der Waals surface area contributed by atoms with Crippen LogP contribution in [0.1, 0.15) is 24.8 Å². The van der Waals surface area contributed by atoms with Gasteiger partial charge in [0.2, 0.25) is 0 Å². The predicted molar refractivity (Wildman–Crippen MR) is 92.5 cm³/mol. The summed E-state index contributed by atoms with van der Waals surface area (Å²) < 4.78 is 5.29. The summed E-state index contributed by atoms with van der Waals surface area (Å²) in [6, 6.07) is 6.45. The van der Waals surface area contributed by atoms with E-state index < -0.39 is 18.1 Å². The van der Waals surface area contributed by atoms with Gasteiger partial charge < -0.3 is 21.2 Å². The molecule has 1 saturated heterocycles. The first-order valence-corrected chi connectivity index (χ1v) is 7.78. The summed E-state index contributed by atoms with van der Waals surface area (Å²) in [5.41, 5.74) is 7.27. The van der Waals surface area contributed by atoms with Gasteiger partial charge in [0.05, 0.1) is 6.21 Å². The van der Waals surface area contributed by atoms with E-state index in [4.69, 9.17) is 16.3 Å². The fraction of sp³-hybridized carbons (Fsp3) is 0.353. The van der Waals surface area contributed by atoms with Crippen molar-refractivity contribution in [2.45, 2.75) is 31.4 Å². The lowest BCUT2D eigenvalue weighted by Crippen LogP contribution is -2.48. The second kappa shape index (κ2) is 8.26. The largest absolute Gasteiger partial charge is 0.451 e. The van der Waals surface area contributed by atoms with Crippen molar-refractivity contribution in [1.29, 1.82) is 0 Å². The van der Waals surface area contributed by atoms with Crippen LogP contribution in [-0.2, 0) is 14.3 Å². The number of hydrazone groups is 1. The fourth-order valence-corrected chi connectivity index (χ4v) is 2.54. The van der Waals surface area contributed by atoms with Crippen LogP contribution in [-0.4, -0.2) is 36.8 Å². The molecule has 2 unspecified atom stereocenters. The van der Waals surface area contributed by atoms with Crippen LogP contribution in [0.5, 0.6) is 0 Å². The molecule has 1 amide bonds. The average molecular weight is 330 g/mol. The fourth-order valence-electron chi connectivity index (χ4n) is 2.54. The number of anilines is 1. The third kappa shape index (κ3) is 4.20. The highest BCUT2D eigenvalue weighted by Gasteiger charge is 2.33. The van der Waals surface area contributed by atoms with Crippen molar-refractivity contribution in [3.63, 3.8) is 0 Å². The van der Waals surface area contributed by atoms with Crippen LogP contribution in [0.15, 0.2) is 42.0 Å². The van der Waals surface area contributed by atoms with Crippen molar-refractivity contribution in [2.24, 2.45) is 16.7 Å². The van der Waals surface area contributed by atoms with E-state index in [2.05, 4.69) is 11.7 Å². The normalized spacial score (nSPS) is 19.3. The molecule has 7 heteroatoms. The second-order valence-corrected chi connectivity index (χ2v) is 5.56. The first-order valence-electron chi connectivity index (χ1n) is 7.78. The van der Waals surface area contributed by atoms with Crippen molar-refractivity contribution in [3.8, 4) is 0 Å². The van der Waals surface area contributed by atoms with E-state index in [1.54, 1.807) is 11.0 Å². The molecule has 1 heterocycles. The summed E-state index contributed by atoms with van der Waals surface area (Å²) >= 11 is 0. The van der Waals surface area contributed by atoms with Crippen LogP contribution >= 0.6 is 0 Å². The standard InChI is InChI=1S/C17H22N4O3/c1-2-4-14(18)17(23)24-15-5-3-10-21(16(15)22)13-8-6-12(7-9-13)11-20-19/h2,6-9,11,14-15H,1,3-5,10,18-19H2. The van der Waals surface area contributed by atoms with Crippen LogP contribution < -0.4 is 16.5 Å². The second-order valence-electron chi connectivity index (χ2n) is 5.56. The van der Waals surface area contributed by atoms with E-state index in [9.17, 15) is 9.59 Å². The van der Waals surface area contributed by atoms with Gasteiger partial charge in [-0.3, -0.25) is 9.59 Å². The Kier molecular flexibility index (Phi) is 6.08. The number of amides is 1. The molecule has 1 aromatic carbocycles. The van der Waals surface area contributed by atoms with Gasteiger partial charge in [-0.15, -0.1) is 6.58 Å². The van der Waals surface area contributed by atoms with Crippen molar-refractivity contribution in [3.05, 3.63) is 42.5 Å². The SMILES string of the molecule is C=CCC(N)C(=O)OC1CCCN(c2ccc(C=NN)cc2)C1=O. The van der Waals surface area contributed by atoms with Gasteiger partial charge in [0.1, 0.15) is 6.04 Å². The summed E-state index contributed by atoms with van der Waals surface area (Å²) in [6.45, 7) is 4.12. The maximum atomic E-state index is 12.6. The highest BCUT2D eigenvalue weighted by Crippen LogP contribution is 2.23. The number of hydrogen-bond acceptors (Lipinski definition) is 6. The molecule has 2 atom stereocenters. The summed E-state index contributed by atoms with van der Waals surface area (Å²) in [7, 11) is 0. The van der Waals surface area contributed by atoms with Gasteiger partial charge in [0.25, 0.3) is 5.91 Å². The maximum absolute atomic E-state index is 12.6. The number of piperidine rings is 1. The molecular weight excluding hydrogens is 308 g/mol. The smallest absolute Gasteiger partial charge is 0.324 e. The highest BCUT2D eigenvalue weighted by atomic mass is 16.5. The van der Waals surface area contributed by atoms with Crippen LogP contribution in [0.3, 0.4) is 0 Å². The van der Waals surface area contributed by atoms with Crippen LogP contribution in [0.4, 0.5) is 5.69 Å². The molecule has 0 aliphatic carbocycles. The summed E-state index contributed by atoms with van der Waals surface area (Å²) in [6.07, 6.45) is 3.83. The molecule has 1 aliphatic heterocycles. The van der Waals surface area contributed by atoms with Gasteiger partial charge in [-0.2, -0.15) is 5.10 Å². The molecule has 0 radical (unpaired) electrons. The molecule has 24 heavy (non-hydrogen) atoms. The average Bonchev–Trinajstić information content (AvgIpc) is 2.58. The summed E-state index contributed by atoms with van der Waals surface area (Å²) in [4.78, 5) is 26.1. The highest BCUT2D eigenvalue weighted by molar-refractivity contribution is 5.98. The van der Waals surface area contributed by atoms with Gasteiger partial charge in [0.15, 0.2) is 6.10 Å². The Balaban J connectivity index is 2.06. The van der Waals surface area contributed by atoms with Crippen molar-refractivity contribution in [1.82, 2.24) is 0 Å². The quantitative estimate of drug-likeness (QED) is 0.265. The van der Waals surface area contributed by atoms with Crippen LogP contribution in [0, 0.1) is 0 Å². The Hall–Kier alpha value is -2.67. The molecule has 128 valence electrons. The molecule has 1 aromatic rings. The van der Waals surface area contributed by atoms with E-state index in [-0.39, 0.29) is 5.91 Å². The van der Waals surface area contributed by atoms with E-state index in [0.717, 1.165) is 17.7 Å². The van der Waals surface area contributed by atoms with Gasteiger partial charge >= 0.3 is 5.97 Å². The molecule has 0 aromatic heterocycles. The number of esters is 1. The van der Waals surface area contributed by atoms with Crippen molar-refractivity contribution < 1.29 is 14.3 Å². The molecular formula is C17H22N4O3. The first kappa shape index (κ1) is 17.7. The number of nitrogens with zero attached hydrogens (tertiary/aromatic N) is 2. The zero-order valence-corrected chi connectivity index (χ0v) is 13.4. The number of carbonyl (C=O) groups excluding carboxylic acids is 2. The number of hydrogen-bond donors (Lipinski definition) is 2. The van der Waals surface area contributed by atoms with E-state index in [1.807, 2.05) is 24.3 Å². The number of nitrogens with two attached hydrogens (primary N) is 2. The van der Waals surface area contributed by atoms with Crippen molar-refractivity contribution >= 4 is 23.8 Å². The minimum Gasteiger partial charge on any atom is -0.451 e. The number of benzene rings is 1. The number of ether oxygens (including phenoxy) is 1. The molecule has 1 aliphatic rings. The monoisotopic (exact) mass is 330 g/mol. The summed E-state index contributed by atoms with van der Waals surface area (Å²) in [5, 5.41) is 3.46. The Morgan fingerprint density at radius 2 is 2.17 bits per heavy atom. The van der Waals surface area contributed by atoms with E-state index in [0.29, 0.717) is 19.4 Å². The lowest BCUT2D eigenvalue weighted by atomic mass is 10.1. The molecule has 7 nitrogen and oxygen atoms in total. The third-order valence-corrected chi connectivity index (χ3v) is 3.80. The Morgan fingerprint density at radius 1 is 1.46 bits per heavy atom. The van der Waals surface area contributed by atoms with Gasteiger partial charge in [-0.25, -0.2) is 0 Å². The zero-order valence-electron chi connectivity index (χ0n) is 13.4. The number of rotatable bonds is 6. The predicted octanol–water partition coefficient (Wildman–Crippen LogP) is 0.921. The molecule has 0 spiro atoms. The molecule has 0 saturated carbocycles. The summed E-state index contributed by atoms with van der Waals surface area (Å²) in [5.74, 6) is 4.30. The Labute approximate surface area is 140 Å². The molecule has 2 rings (SSSR count). The Bertz CT molecular complexity index is 627. The first-order chi connectivity index (χ1) is 11.6. The van der Waals surface area contributed by atoms with Crippen LogP contribution in [0.2, 0.25) is 0 Å². The van der Waals surface area contributed by atoms with E-state index >= 15 is 0 Å². The van der Waals surface area contributed by atoms with Gasteiger partial charge in [-0.1, -0.05) is 18.2 Å². The maximum Gasteiger partial charge on any atom is 0.324 e. The zero-order chi connectivity index (χ0) is 17.5. The lowest BCUT2D eigenvalue weighted by molar-refractivity contribution is -0.157. The molecule has 1 fully saturated rings. The molecule has 0 bridgehead atoms. The lowest BCUT2D eigenvalue weighted by Gasteiger charge is -2.32. The number of carbonyl (C=O) groups is 2. The minimum absolute atomic E-state index is 0.236. The minimum atomic E-state index is -0.799.